The maximum Gasteiger partial charge on any atom is 0.0753 e. The number of hydrogen-bond donors (Lipinski definition) is 0. The molecule has 0 saturated carbocycles. The Morgan fingerprint density at radius 2 is 1.50 bits per heavy atom. The first-order chi connectivity index (χ1) is 9.86. The van der Waals surface area contributed by atoms with E-state index in [1.807, 2.05) is 42.5 Å². The summed E-state index contributed by atoms with van der Waals surface area (Å²) < 4.78 is 0. The fourth-order valence-corrected chi connectivity index (χ4v) is 2.52. The van der Waals surface area contributed by atoms with Gasteiger partial charge in [0.25, 0.3) is 0 Å². The Balaban J connectivity index is 1.90. The van der Waals surface area contributed by atoms with Crippen molar-refractivity contribution < 1.29 is 0 Å². The Morgan fingerprint density at radius 3 is 2.25 bits per heavy atom. The molecule has 0 heterocycles. The minimum Gasteiger partial charge on any atom is -0.198 e. The lowest BCUT2D eigenvalue weighted by atomic mass is 9.92. The standard InChI is InChI=1S/C19H15N/c20-14-19(16-6-2-1-3-7-16)13-15-10-11-17-8-4-5-9-18(17)12-15/h1-12,19H,13H2. The summed E-state index contributed by atoms with van der Waals surface area (Å²) in [5, 5.41) is 11.9. The number of benzene rings is 3. The number of fused-ring (bicyclic) bond motifs is 1. The molecular formula is C19H15N. The number of hydrogen-bond acceptors (Lipinski definition) is 1. The first kappa shape index (κ1) is 12.4. The Morgan fingerprint density at radius 1 is 0.800 bits per heavy atom. The molecule has 0 aliphatic carbocycles. The number of nitrogens with zero attached hydrogens (tertiary/aromatic N) is 1. The molecule has 0 spiro atoms. The fourth-order valence-electron chi connectivity index (χ4n) is 2.52. The van der Waals surface area contributed by atoms with E-state index < -0.39 is 0 Å². The molecule has 0 amide bonds. The van der Waals surface area contributed by atoms with E-state index in [4.69, 9.17) is 0 Å². The molecule has 96 valence electrons. The van der Waals surface area contributed by atoms with Gasteiger partial charge in [-0.2, -0.15) is 5.26 Å². The van der Waals surface area contributed by atoms with Crippen LogP contribution < -0.4 is 0 Å². The van der Waals surface area contributed by atoms with E-state index in [-0.39, 0.29) is 5.92 Å². The van der Waals surface area contributed by atoms with Gasteiger partial charge in [-0.25, -0.2) is 0 Å². The minimum absolute atomic E-state index is 0.0858. The van der Waals surface area contributed by atoms with Crippen molar-refractivity contribution >= 4 is 10.8 Å². The lowest BCUT2D eigenvalue weighted by Crippen LogP contribution is -2.00. The van der Waals surface area contributed by atoms with Gasteiger partial charge in [-0.05, 0) is 28.3 Å². The normalized spacial score (nSPS) is 11.9. The summed E-state index contributed by atoms with van der Waals surface area (Å²) in [5.74, 6) is -0.0858. The average Bonchev–Trinajstić information content (AvgIpc) is 2.53. The molecule has 0 aromatic heterocycles. The van der Waals surface area contributed by atoms with Gasteiger partial charge in [0.2, 0.25) is 0 Å². The smallest absolute Gasteiger partial charge is 0.0753 e. The lowest BCUT2D eigenvalue weighted by molar-refractivity contribution is 0.850. The Labute approximate surface area is 119 Å². The molecular weight excluding hydrogens is 242 g/mol. The van der Waals surface area contributed by atoms with E-state index in [1.165, 1.54) is 16.3 Å². The van der Waals surface area contributed by atoms with E-state index in [9.17, 15) is 5.26 Å². The molecule has 20 heavy (non-hydrogen) atoms. The fraction of sp³-hybridized carbons (Fsp3) is 0.105. The van der Waals surface area contributed by atoms with E-state index in [0.29, 0.717) is 0 Å². The quantitative estimate of drug-likeness (QED) is 0.667. The second-order valence-electron chi connectivity index (χ2n) is 4.98. The first-order valence-corrected chi connectivity index (χ1v) is 6.79. The van der Waals surface area contributed by atoms with Crippen molar-refractivity contribution in [2.75, 3.05) is 0 Å². The van der Waals surface area contributed by atoms with Gasteiger partial charge in [0.15, 0.2) is 0 Å². The van der Waals surface area contributed by atoms with Gasteiger partial charge in [0, 0.05) is 0 Å². The number of rotatable bonds is 3. The summed E-state index contributed by atoms with van der Waals surface area (Å²) in [6, 6.07) is 27.2. The first-order valence-electron chi connectivity index (χ1n) is 6.79. The van der Waals surface area contributed by atoms with Crippen molar-refractivity contribution in [1.29, 1.82) is 5.26 Å². The third kappa shape index (κ3) is 2.55. The molecule has 0 fully saturated rings. The summed E-state index contributed by atoms with van der Waals surface area (Å²) in [4.78, 5) is 0. The van der Waals surface area contributed by atoms with Crippen LogP contribution in [0.1, 0.15) is 17.0 Å². The van der Waals surface area contributed by atoms with Gasteiger partial charge < -0.3 is 0 Å². The van der Waals surface area contributed by atoms with Crippen LogP contribution in [0.5, 0.6) is 0 Å². The zero-order valence-electron chi connectivity index (χ0n) is 11.2. The second-order valence-corrected chi connectivity index (χ2v) is 4.98. The highest BCUT2D eigenvalue weighted by Gasteiger charge is 2.11. The van der Waals surface area contributed by atoms with Crippen LogP contribution >= 0.6 is 0 Å². The van der Waals surface area contributed by atoms with Crippen molar-refractivity contribution in [2.24, 2.45) is 0 Å². The van der Waals surface area contributed by atoms with E-state index >= 15 is 0 Å². The zero-order valence-corrected chi connectivity index (χ0v) is 11.2. The average molecular weight is 257 g/mol. The van der Waals surface area contributed by atoms with Crippen molar-refractivity contribution in [3.63, 3.8) is 0 Å². The molecule has 1 atom stereocenters. The number of nitriles is 1. The van der Waals surface area contributed by atoms with Crippen LogP contribution in [0.3, 0.4) is 0 Å². The van der Waals surface area contributed by atoms with Crippen molar-refractivity contribution in [3.8, 4) is 6.07 Å². The summed E-state index contributed by atoms with van der Waals surface area (Å²) in [7, 11) is 0. The molecule has 1 nitrogen and oxygen atoms in total. The van der Waals surface area contributed by atoms with E-state index in [1.54, 1.807) is 0 Å². The predicted molar refractivity (Wildman–Crippen MR) is 82.4 cm³/mol. The van der Waals surface area contributed by atoms with Crippen LogP contribution in [0.15, 0.2) is 72.8 Å². The van der Waals surface area contributed by atoms with Crippen LogP contribution in [-0.4, -0.2) is 0 Å². The monoisotopic (exact) mass is 257 g/mol. The molecule has 3 rings (SSSR count). The summed E-state index contributed by atoms with van der Waals surface area (Å²) in [6.07, 6.45) is 0.755. The largest absolute Gasteiger partial charge is 0.198 e. The highest BCUT2D eigenvalue weighted by molar-refractivity contribution is 5.83. The molecule has 0 bridgehead atoms. The highest BCUT2D eigenvalue weighted by atomic mass is 14.3. The van der Waals surface area contributed by atoms with Crippen LogP contribution in [0.25, 0.3) is 10.8 Å². The van der Waals surface area contributed by atoms with Crippen molar-refractivity contribution in [1.82, 2.24) is 0 Å². The highest BCUT2D eigenvalue weighted by Crippen LogP contribution is 2.23. The van der Waals surface area contributed by atoms with Gasteiger partial charge in [-0.15, -0.1) is 0 Å². The molecule has 0 aliphatic rings. The van der Waals surface area contributed by atoms with Crippen molar-refractivity contribution in [2.45, 2.75) is 12.3 Å². The third-order valence-electron chi connectivity index (χ3n) is 3.61. The predicted octanol–water partition coefficient (Wildman–Crippen LogP) is 4.69. The molecule has 3 aromatic rings. The van der Waals surface area contributed by atoms with Crippen LogP contribution in [-0.2, 0) is 6.42 Å². The minimum atomic E-state index is -0.0858. The van der Waals surface area contributed by atoms with Crippen LogP contribution in [0, 0.1) is 11.3 Å². The van der Waals surface area contributed by atoms with Crippen molar-refractivity contribution in [3.05, 3.63) is 83.9 Å². The maximum atomic E-state index is 9.40. The molecule has 0 saturated heterocycles. The molecule has 3 aromatic carbocycles. The third-order valence-corrected chi connectivity index (χ3v) is 3.61. The Hall–Kier alpha value is -2.59. The lowest BCUT2D eigenvalue weighted by Gasteiger charge is -2.10. The van der Waals surface area contributed by atoms with Gasteiger partial charge in [0.05, 0.1) is 12.0 Å². The van der Waals surface area contributed by atoms with Gasteiger partial charge in [-0.1, -0.05) is 72.8 Å². The Kier molecular flexibility index (Phi) is 3.48. The molecule has 0 aliphatic heterocycles. The van der Waals surface area contributed by atoms with Crippen LogP contribution in [0.2, 0.25) is 0 Å². The van der Waals surface area contributed by atoms with E-state index in [2.05, 4.69) is 36.4 Å². The van der Waals surface area contributed by atoms with Crippen LogP contribution in [0.4, 0.5) is 0 Å². The van der Waals surface area contributed by atoms with Gasteiger partial charge in [0.1, 0.15) is 0 Å². The molecule has 0 N–H and O–H groups in total. The zero-order chi connectivity index (χ0) is 13.8. The van der Waals surface area contributed by atoms with E-state index in [0.717, 1.165) is 12.0 Å². The topological polar surface area (TPSA) is 23.8 Å². The molecule has 1 unspecified atom stereocenters. The molecule has 1 heteroatoms. The second kappa shape index (κ2) is 5.59. The summed E-state index contributed by atoms with van der Waals surface area (Å²) in [5.41, 5.74) is 2.29. The van der Waals surface area contributed by atoms with Gasteiger partial charge >= 0.3 is 0 Å². The van der Waals surface area contributed by atoms with Gasteiger partial charge in [-0.3, -0.25) is 0 Å². The SMILES string of the molecule is N#CC(Cc1ccc2ccccc2c1)c1ccccc1. The Bertz CT molecular complexity index is 753. The summed E-state index contributed by atoms with van der Waals surface area (Å²) >= 11 is 0. The summed E-state index contributed by atoms with van der Waals surface area (Å²) in [6.45, 7) is 0. The molecule has 0 radical (unpaired) electrons. The maximum absolute atomic E-state index is 9.40.